The average molecular weight is 174 g/mol. The summed E-state index contributed by atoms with van der Waals surface area (Å²) in [4.78, 5) is 21.8. The Morgan fingerprint density at radius 3 is 2.83 bits per heavy atom. The van der Waals surface area contributed by atoms with E-state index in [0.29, 0.717) is 0 Å². The van der Waals surface area contributed by atoms with E-state index in [1.807, 2.05) is 0 Å². The first-order chi connectivity index (χ1) is 5.64. The van der Waals surface area contributed by atoms with Gasteiger partial charge >= 0.3 is 11.9 Å². The van der Waals surface area contributed by atoms with Gasteiger partial charge in [-0.2, -0.15) is 0 Å². The number of aliphatic hydroxyl groups excluding tert-OH is 1. The van der Waals surface area contributed by atoms with Crippen molar-refractivity contribution >= 4 is 11.9 Å². The lowest BCUT2D eigenvalue weighted by molar-refractivity contribution is -0.176. The second kappa shape index (κ2) is 3.10. The van der Waals surface area contributed by atoms with Crippen molar-refractivity contribution in [1.82, 2.24) is 0 Å². The van der Waals surface area contributed by atoms with Gasteiger partial charge < -0.3 is 14.6 Å². The molecular formula is C7H10O5. The van der Waals surface area contributed by atoms with Gasteiger partial charge in [0.25, 0.3) is 0 Å². The second-order valence-corrected chi connectivity index (χ2v) is 2.62. The number of rotatable bonds is 2. The van der Waals surface area contributed by atoms with Crippen LogP contribution in [0.25, 0.3) is 0 Å². The van der Waals surface area contributed by atoms with Gasteiger partial charge in [-0.25, -0.2) is 4.79 Å². The van der Waals surface area contributed by atoms with Gasteiger partial charge in [-0.1, -0.05) is 0 Å². The van der Waals surface area contributed by atoms with Crippen molar-refractivity contribution in [2.45, 2.75) is 18.4 Å². The molecule has 1 heterocycles. The first-order valence-corrected chi connectivity index (χ1v) is 3.56. The molecule has 1 rings (SSSR count). The SMILES string of the molecule is COC(=O)[C@]1(CO)CCC(=O)O1. The van der Waals surface area contributed by atoms with Crippen LogP contribution in [0.15, 0.2) is 0 Å². The Hall–Kier alpha value is -1.10. The fourth-order valence-corrected chi connectivity index (χ4v) is 1.13. The maximum Gasteiger partial charge on any atom is 0.352 e. The van der Waals surface area contributed by atoms with E-state index in [1.54, 1.807) is 0 Å². The number of methoxy groups -OCH3 is 1. The maximum absolute atomic E-state index is 11.1. The molecule has 0 spiro atoms. The number of carbonyl (C=O) groups excluding carboxylic acids is 2. The molecule has 1 N–H and O–H groups in total. The Bertz CT molecular complexity index is 212. The van der Waals surface area contributed by atoms with Gasteiger partial charge in [0.2, 0.25) is 5.60 Å². The molecule has 1 fully saturated rings. The highest BCUT2D eigenvalue weighted by molar-refractivity contribution is 5.86. The van der Waals surface area contributed by atoms with Crippen molar-refractivity contribution < 1.29 is 24.2 Å². The Morgan fingerprint density at radius 2 is 2.50 bits per heavy atom. The van der Waals surface area contributed by atoms with Crippen molar-refractivity contribution in [2.75, 3.05) is 13.7 Å². The van der Waals surface area contributed by atoms with E-state index in [9.17, 15) is 9.59 Å². The van der Waals surface area contributed by atoms with Gasteiger partial charge in [-0.05, 0) is 0 Å². The number of esters is 2. The highest BCUT2D eigenvalue weighted by Crippen LogP contribution is 2.27. The second-order valence-electron chi connectivity index (χ2n) is 2.62. The number of hydrogen-bond acceptors (Lipinski definition) is 5. The van der Waals surface area contributed by atoms with Gasteiger partial charge in [-0.15, -0.1) is 0 Å². The molecule has 1 atom stereocenters. The van der Waals surface area contributed by atoms with Gasteiger partial charge in [0.15, 0.2) is 0 Å². The Kier molecular flexibility index (Phi) is 2.32. The summed E-state index contributed by atoms with van der Waals surface area (Å²) in [7, 11) is 1.19. The molecule has 0 aromatic heterocycles. The van der Waals surface area contributed by atoms with Gasteiger partial charge in [-0.3, -0.25) is 4.79 Å². The lowest BCUT2D eigenvalue weighted by Gasteiger charge is -2.21. The zero-order chi connectivity index (χ0) is 9.19. The molecule has 68 valence electrons. The van der Waals surface area contributed by atoms with Crippen LogP contribution in [0.5, 0.6) is 0 Å². The maximum atomic E-state index is 11.1. The predicted molar refractivity (Wildman–Crippen MR) is 37.2 cm³/mol. The normalized spacial score (nSPS) is 28.3. The van der Waals surface area contributed by atoms with E-state index in [-0.39, 0.29) is 12.8 Å². The molecule has 1 aliphatic heterocycles. The average Bonchev–Trinajstić information content (AvgIpc) is 2.47. The summed E-state index contributed by atoms with van der Waals surface area (Å²) in [5.74, 6) is -1.18. The Balaban J connectivity index is 2.77. The van der Waals surface area contributed by atoms with Crippen LogP contribution < -0.4 is 0 Å². The molecule has 0 unspecified atom stereocenters. The van der Waals surface area contributed by atoms with Crippen LogP contribution >= 0.6 is 0 Å². The summed E-state index contributed by atoms with van der Waals surface area (Å²) in [5, 5.41) is 8.86. The number of ether oxygens (including phenoxy) is 2. The molecular weight excluding hydrogens is 164 g/mol. The largest absolute Gasteiger partial charge is 0.466 e. The molecule has 0 aliphatic carbocycles. The number of cyclic esters (lactones) is 1. The summed E-state index contributed by atoms with van der Waals surface area (Å²) >= 11 is 0. The van der Waals surface area contributed by atoms with Crippen LogP contribution in [0.4, 0.5) is 0 Å². The van der Waals surface area contributed by atoms with Gasteiger partial charge in [0.1, 0.15) is 0 Å². The molecule has 5 nitrogen and oxygen atoms in total. The van der Waals surface area contributed by atoms with E-state index >= 15 is 0 Å². The lowest BCUT2D eigenvalue weighted by atomic mass is 10.0. The molecule has 0 aromatic rings. The standard InChI is InChI=1S/C7H10O5/c1-11-6(10)7(4-8)3-2-5(9)12-7/h8H,2-4H2,1H3/t7-/m1/s1. The van der Waals surface area contributed by atoms with E-state index < -0.39 is 24.1 Å². The topological polar surface area (TPSA) is 72.8 Å². The first-order valence-electron chi connectivity index (χ1n) is 3.56. The summed E-state index contributed by atoms with van der Waals surface area (Å²) in [6, 6.07) is 0. The van der Waals surface area contributed by atoms with Crippen molar-refractivity contribution in [3.05, 3.63) is 0 Å². The molecule has 0 aromatic carbocycles. The monoisotopic (exact) mass is 174 g/mol. The Morgan fingerprint density at radius 1 is 1.83 bits per heavy atom. The molecule has 0 radical (unpaired) electrons. The molecule has 5 heteroatoms. The summed E-state index contributed by atoms with van der Waals surface area (Å²) in [6.45, 7) is -0.522. The first kappa shape index (κ1) is 8.99. The molecule has 0 amide bonds. The van der Waals surface area contributed by atoms with Crippen LogP contribution in [-0.4, -0.2) is 36.4 Å². The van der Waals surface area contributed by atoms with Crippen molar-refractivity contribution in [1.29, 1.82) is 0 Å². The zero-order valence-electron chi connectivity index (χ0n) is 6.70. The third kappa shape index (κ3) is 1.27. The highest BCUT2D eigenvalue weighted by atomic mass is 16.6. The van der Waals surface area contributed by atoms with E-state index in [0.717, 1.165) is 0 Å². The fraction of sp³-hybridized carbons (Fsp3) is 0.714. The van der Waals surface area contributed by atoms with E-state index in [4.69, 9.17) is 5.11 Å². The molecule has 1 saturated heterocycles. The van der Waals surface area contributed by atoms with Gasteiger partial charge in [0.05, 0.1) is 20.1 Å². The minimum absolute atomic E-state index is 0.148. The third-order valence-corrected chi connectivity index (χ3v) is 1.85. The smallest absolute Gasteiger partial charge is 0.352 e. The number of aliphatic hydroxyl groups is 1. The quantitative estimate of drug-likeness (QED) is 0.556. The van der Waals surface area contributed by atoms with E-state index in [2.05, 4.69) is 9.47 Å². The molecule has 1 aliphatic rings. The molecule has 12 heavy (non-hydrogen) atoms. The highest BCUT2D eigenvalue weighted by Gasteiger charge is 2.47. The number of carbonyl (C=O) groups is 2. The summed E-state index contributed by atoms with van der Waals surface area (Å²) < 4.78 is 9.09. The fourth-order valence-electron chi connectivity index (χ4n) is 1.13. The zero-order valence-corrected chi connectivity index (χ0v) is 6.70. The van der Waals surface area contributed by atoms with Crippen molar-refractivity contribution in [3.63, 3.8) is 0 Å². The van der Waals surface area contributed by atoms with E-state index in [1.165, 1.54) is 7.11 Å². The molecule has 0 saturated carbocycles. The predicted octanol–water partition coefficient (Wildman–Crippen LogP) is -0.773. The van der Waals surface area contributed by atoms with Crippen molar-refractivity contribution in [2.24, 2.45) is 0 Å². The van der Waals surface area contributed by atoms with Crippen LogP contribution in [0.3, 0.4) is 0 Å². The minimum atomic E-state index is -1.44. The lowest BCUT2D eigenvalue weighted by Crippen LogP contribution is -2.43. The molecule has 0 bridgehead atoms. The third-order valence-electron chi connectivity index (χ3n) is 1.85. The summed E-state index contributed by atoms with van der Waals surface area (Å²) in [5.41, 5.74) is -1.44. The minimum Gasteiger partial charge on any atom is -0.466 e. The number of hydrogen-bond donors (Lipinski definition) is 1. The van der Waals surface area contributed by atoms with Crippen molar-refractivity contribution in [3.8, 4) is 0 Å². The van der Waals surface area contributed by atoms with Crippen LogP contribution in [0.1, 0.15) is 12.8 Å². The van der Waals surface area contributed by atoms with Crippen LogP contribution in [-0.2, 0) is 19.1 Å². The van der Waals surface area contributed by atoms with Crippen LogP contribution in [0.2, 0.25) is 0 Å². The Labute approximate surface area is 69.3 Å². The van der Waals surface area contributed by atoms with Crippen LogP contribution in [0, 0.1) is 0 Å². The summed E-state index contributed by atoms with van der Waals surface area (Å²) in [6.07, 6.45) is 0.338. The van der Waals surface area contributed by atoms with Gasteiger partial charge in [0, 0.05) is 6.42 Å².